The van der Waals surface area contributed by atoms with Crippen LogP contribution in [0, 0.1) is 32.1 Å². The lowest BCUT2D eigenvalue weighted by Gasteiger charge is -2.12. The van der Waals surface area contributed by atoms with Gasteiger partial charge in [0.2, 0.25) is 0 Å². The highest BCUT2D eigenvalue weighted by atomic mass is 35.5. The number of hydrogen-bond acceptors (Lipinski definition) is 6. The van der Waals surface area contributed by atoms with Gasteiger partial charge in [-0.05, 0) is 61.7 Å². The van der Waals surface area contributed by atoms with Crippen LogP contribution in [0.3, 0.4) is 0 Å². The zero-order valence-corrected chi connectivity index (χ0v) is 18.7. The summed E-state index contributed by atoms with van der Waals surface area (Å²) in [5.41, 5.74) is 2.66. The summed E-state index contributed by atoms with van der Waals surface area (Å²) in [4.78, 5) is 12.3. The number of amides is 1. The molecule has 0 spiro atoms. The van der Waals surface area contributed by atoms with Gasteiger partial charge < -0.3 is 19.3 Å². The summed E-state index contributed by atoms with van der Waals surface area (Å²) < 4.78 is 16.4. The molecule has 7 nitrogen and oxygen atoms in total. The van der Waals surface area contributed by atoms with Crippen molar-refractivity contribution in [3.63, 3.8) is 0 Å². The number of carbonyl (C=O) groups is 1. The zero-order chi connectivity index (χ0) is 23.1. The second-order valence-corrected chi connectivity index (χ2v) is 7.51. The van der Waals surface area contributed by atoms with Crippen LogP contribution in [0.5, 0.6) is 11.5 Å². The molecule has 8 heteroatoms. The van der Waals surface area contributed by atoms with Crippen molar-refractivity contribution in [3.05, 3.63) is 75.5 Å². The minimum absolute atomic E-state index is 0.0997. The minimum Gasteiger partial charge on any atom is -0.490 e. The number of aryl methyl sites for hydroxylation is 3. The molecule has 1 aromatic heterocycles. The molecule has 0 saturated carbocycles. The molecule has 1 amide bonds. The first-order valence-electron chi connectivity index (χ1n) is 9.84. The number of carbonyl (C=O) groups excluding carboxylic acids is 1. The number of anilines is 1. The number of halogens is 1. The molecule has 0 saturated heterocycles. The van der Waals surface area contributed by atoms with Gasteiger partial charge in [0.25, 0.3) is 5.91 Å². The van der Waals surface area contributed by atoms with E-state index in [9.17, 15) is 10.1 Å². The number of benzene rings is 2. The van der Waals surface area contributed by atoms with Gasteiger partial charge in [-0.25, -0.2) is 0 Å². The SMILES string of the molecule is Cc1ccc(C)c(OCCOc2ccc(/C=C(/C#N)C(=O)Nc3cc(C)on3)cc2Cl)c1. The summed E-state index contributed by atoms with van der Waals surface area (Å²) in [5, 5.41) is 15.9. The largest absolute Gasteiger partial charge is 0.490 e. The van der Waals surface area contributed by atoms with E-state index in [4.69, 9.17) is 25.6 Å². The van der Waals surface area contributed by atoms with Gasteiger partial charge in [-0.3, -0.25) is 4.79 Å². The molecule has 1 N–H and O–H groups in total. The first kappa shape index (κ1) is 22.9. The molecule has 2 aromatic carbocycles. The summed E-state index contributed by atoms with van der Waals surface area (Å²) in [6.45, 7) is 6.37. The van der Waals surface area contributed by atoms with Crippen molar-refractivity contribution in [2.45, 2.75) is 20.8 Å². The van der Waals surface area contributed by atoms with E-state index < -0.39 is 5.91 Å². The molecule has 3 rings (SSSR count). The van der Waals surface area contributed by atoms with Crippen molar-refractivity contribution in [1.29, 1.82) is 5.26 Å². The van der Waals surface area contributed by atoms with Crippen molar-refractivity contribution in [2.24, 2.45) is 0 Å². The Morgan fingerprint density at radius 3 is 2.53 bits per heavy atom. The van der Waals surface area contributed by atoms with Crippen LogP contribution in [-0.2, 0) is 4.79 Å². The van der Waals surface area contributed by atoms with Crippen LogP contribution in [0.2, 0.25) is 5.02 Å². The van der Waals surface area contributed by atoms with Gasteiger partial charge in [0.05, 0.1) is 5.02 Å². The van der Waals surface area contributed by atoms with Gasteiger partial charge in [0.15, 0.2) is 5.82 Å². The number of nitrogens with zero attached hydrogens (tertiary/aromatic N) is 2. The molecule has 0 radical (unpaired) electrons. The van der Waals surface area contributed by atoms with Crippen molar-refractivity contribution in [3.8, 4) is 17.6 Å². The fourth-order valence-electron chi connectivity index (χ4n) is 2.81. The maximum atomic E-state index is 12.3. The van der Waals surface area contributed by atoms with Crippen LogP contribution in [-0.4, -0.2) is 24.3 Å². The number of aromatic nitrogens is 1. The number of ether oxygens (including phenoxy) is 2. The lowest BCUT2D eigenvalue weighted by atomic mass is 10.1. The highest BCUT2D eigenvalue weighted by Crippen LogP contribution is 2.27. The maximum absolute atomic E-state index is 12.3. The van der Waals surface area contributed by atoms with E-state index in [0.717, 1.165) is 16.9 Å². The average Bonchev–Trinajstić information content (AvgIpc) is 3.17. The van der Waals surface area contributed by atoms with Crippen LogP contribution in [0.4, 0.5) is 5.82 Å². The van der Waals surface area contributed by atoms with Gasteiger partial charge in [-0.2, -0.15) is 5.26 Å². The maximum Gasteiger partial charge on any atom is 0.267 e. The first-order valence-corrected chi connectivity index (χ1v) is 10.2. The molecule has 0 bridgehead atoms. The topological polar surface area (TPSA) is 97.4 Å². The van der Waals surface area contributed by atoms with Gasteiger partial charge in [0, 0.05) is 6.07 Å². The molecule has 0 fully saturated rings. The van der Waals surface area contributed by atoms with E-state index in [1.165, 1.54) is 6.08 Å². The third-order valence-corrected chi connectivity index (χ3v) is 4.74. The Hall–Kier alpha value is -3.76. The van der Waals surface area contributed by atoms with E-state index >= 15 is 0 Å². The summed E-state index contributed by atoms with van der Waals surface area (Å²) in [5.74, 6) is 1.49. The molecule has 0 aliphatic heterocycles. The van der Waals surface area contributed by atoms with Gasteiger partial charge in [-0.1, -0.05) is 35.0 Å². The number of rotatable bonds is 8. The molecular weight excluding hydrogens is 430 g/mol. The number of nitrogens with one attached hydrogen (secondary N) is 1. The normalized spacial score (nSPS) is 11.0. The second-order valence-electron chi connectivity index (χ2n) is 7.10. The molecular formula is C24H22ClN3O4. The van der Waals surface area contributed by atoms with E-state index in [1.54, 1.807) is 31.2 Å². The summed E-state index contributed by atoms with van der Waals surface area (Å²) in [6.07, 6.45) is 1.43. The van der Waals surface area contributed by atoms with E-state index in [-0.39, 0.29) is 11.4 Å². The molecule has 3 aromatic rings. The third kappa shape index (κ3) is 6.13. The highest BCUT2D eigenvalue weighted by Gasteiger charge is 2.12. The summed E-state index contributed by atoms with van der Waals surface area (Å²) >= 11 is 6.31. The second kappa shape index (κ2) is 10.5. The van der Waals surface area contributed by atoms with Crippen LogP contribution < -0.4 is 14.8 Å². The van der Waals surface area contributed by atoms with Gasteiger partial charge in [-0.15, -0.1) is 0 Å². The van der Waals surface area contributed by atoms with Crippen molar-refractivity contribution >= 4 is 29.4 Å². The zero-order valence-electron chi connectivity index (χ0n) is 17.9. The van der Waals surface area contributed by atoms with Crippen molar-refractivity contribution < 1.29 is 18.8 Å². The summed E-state index contributed by atoms with van der Waals surface area (Å²) in [6, 6.07) is 14.5. The number of hydrogen-bond donors (Lipinski definition) is 1. The summed E-state index contributed by atoms with van der Waals surface area (Å²) in [7, 11) is 0. The van der Waals surface area contributed by atoms with E-state index in [2.05, 4.69) is 10.5 Å². The predicted molar refractivity (Wildman–Crippen MR) is 122 cm³/mol. The monoisotopic (exact) mass is 451 g/mol. The average molecular weight is 452 g/mol. The fourth-order valence-corrected chi connectivity index (χ4v) is 3.06. The molecule has 32 heavy (non-hydrogen) atoms. The highest BCUT2D eigenvalue weighted by molar-refractivity contribution is 6.32. The first-order chi connectivity index (χ1) is 15.4. The molecule has 0 atom stereocenters. The Morgan fingerprint density at radius 2 is 1.88 bits per heavy atom. The molecule has 0 aliphatic rings. The van der Waals surface area contributed by atoms with Crippen LogP contribution >= 0.6 is 11.6 Å². The Labute approximate surface area is 191 Å². The lowest BCUT2D eigenvalue weighted by molar-refractivity contribution is -0.112. The third-order valence-electron chi connectivity index (χ3n) is 4.44. The smallest absolute Gasteiger partial charge is 0.267 e. The molecule has 164 valence electrons. The Bertz CT molecular complexity index is 1190. The van der Waals surface area contributed by atoms with Gasteiger partial charge in [0.1, 0.15) is 42.1 Å². The van der Waals surface area contributed by atoms with Crippen LogP contribution in [0.1, 0.15) is 22.5 Å². The fraction of sp³-hybridized carbons (Fsp3) is 0.208. The van der Waals surface area contributed by atoms with Crippen molar-refractivity contribution in [2.75, 3.05) is 18.5 Å². The van der Waals surface area contributed by atoms with Gasteiger partial charge >= 0.3 is 0 Å². The van der Waals surface area contributed by atoms with Crippen LogP contribution in [0.25, 0.3) is 6.08 Å². The standard InChI is InChI=1S/C24H22ClN3O4/c1-15-4-5-16(2)22(10-15)31-9-8-30-21-7-6-18(13-20(21)25)12-19(14-26)24(29)27-23-11-17(3)32-28-23/h4-7,10-13H,8-9H2,1-3H3,(H,27,28,29)/b19-12-. The molecule has 0 aliphatic carbocycles. The molecule has 1 heterocycles. The lowest BCUT2D eigenvalue weighted by Crippen LogP contribution is -2.13. The Morgan fingerprint density at radius 1 is 1.12 bits per heavy atom. The van der Waals surface area contributed by atoms with E-state index in [1.807, 2.05) is 38.1 Å². The van der Waals surface area contributed by atoms with Crippen molar-refractivity contribution in [1.82, 2.24) is 5.16 Å². The van der Waals surface area contributed by atoms with Crippen LogP contribution in [0.15, 0.2) is 52.6 Å². The predicted octanol–water partition coefficient (Wildman–Crippen LogP) is 5.26. The minimum atomic E-state index is -0.596. The Balaban J connectivity index is 1.59. The number of nitriles is 1. The van der Waals surface area contributed by atoms with E-state index in [0.29, 0.717) is 35.3 Å². The Kier molecular flexibility index (Phi) is 7.53. The quantitative estimate of drug-likeness (QED) is 0.285. The molecule has 0 unspecified atom stereocenters.